The Labute approximate surface area is 90.6 Å². The van der Waals surface area contributed by atoms with Gasteiger partial charge in [-0.2, -0.15) is 0 Å². The quantitative estimate of drug-likeness (QED) is 0.647. The average molecular weight is 221 g/mol. The molecule has 1 aliphatic carbocycles. The molecular weight excluding hydrogens is 203 g/mol. The molecule has 0 bridgehead atoms. The second-order valence-electron chi connectivity index (χ2n) is 4.54. The van der Waals surface area contributed by atoms with Crippen molar-refractivity contribution >= 4 is 18.2 Å². The molecule has 1 saturated heterocycles. The van der Waals surface area contributed by atoms with Crippen LogP contribution < -0.4 is 5.32 Å². The summed E-state index contributed by atoms with van der Waals surface area (Å²) in [4.78, 5) is 0. The van der Waals surface area contributed by atoms with Gasteiger partial charge in [-0.15, -0.1) is 12.4 Å². The van der Waals surface area contributed by atoms with Crippen LogP contribution in [0.4, 0.5) is 4.39 Å². The second-order valence-corrected chi connectivity index (χ2v) is 4.54. The van der Waals surface area contributed by atoms with E-state index < -0.39 is 5.67 Å². The maximum absolute atomic E-state index is 14.0. The van der Waals surface area contributed by atoms with Crippen molar-refractivity contribution in [2.24, 2.45) is 5.92 Å². The number of fused-ring (bicyclic) bond motifs is 1. The highest BCUT2D eigenvalue weighted by atomic mass is 35.5. The molecule has 2 fully saturated rings. The molecule has 0 amide bonds. The molecular formula is C10H18ClFN2. The van der Waals surface area contributed by atoms with Crippen molar-refractivity contribution < 1.29 is 4.39 Å². The summed E-state index contributed by atoms with van der Waals surface area (Å²) in [6.45, 7) is 1.72. The zero-order chi connectivity index (χ0) is 9.47. The van der Waals surface area contributed by atoms with Gasteiger partial charge in [0.1, 0.15) is 5.67 Å². The van der Waals surface area contributed by atoms with E-state index >= 15 is 0 Å². The number of rotatable bonds is 0. The largest absolute Gasteiger partial charge is 0.371 e. The Balaban J connectivity index is 0.000000980. The monoisotopic (exact) mass is 220 g/mol. The first-order chi connectivity index (χ1) is 6.09. The fourth-order valence-corrected chi connectivity index (χ4v) is 2.74. The highest BCUT2D eigenvalue weighted by molar-refractivity contribution is 5.85. The molecule has 0 aromatic rings. The fourth-order valence-electron chi connectivity index (χ4n) is 2.74. The van der Waals surface area contributed by atoms with Gasteiger partial charge in [-0.05, 0) is 32.6 Å². The Hall–Kier alpha value is -0.310. The van der Waals surface area contributed by atoms with E-state index in [1.807, 2.05) is 0 Å². The molecule has 0 aromatic carbocycles. The van der Waals surface area contributed by atoms with Crippen LogP contribution in [0.1, 0.15) is 39.0 Å². The van der Waals surface area contributed by atoms with Crippen LogP contribution in [-0.4, -0.2) is 17.5 Å². The number of piperidine rings is 1. The van der Waals surface area contributed by atoms with Crippen LogP contribution in [0.3, 0.4) is 0 Å². The Morgan fingerprint density at radius 1 is 1.50 bits per heavy atom. The average Bonchev–Trinajstić information content (AvgIpc) is 2.02. The standard InChI is InChI=1S/C10H17FN2.ClH/c1-10(11)6-2-3-8-7(10)4-5-9(12)13-8;/h7-8H,2-6H2,1H3,(H2,12,13);1H/t7-,8-,10?;/m1./s1. The molecule has 0 aromatic heterocycles. The summed E-state index contributed by atoms with van der Waals surface area (Å²) in [5.41, 5.74) is -1.00. The molecule has 1 aliphatic heterocycles. The molecule has 2 nitrogen and oxygen atoms in total. The van der Waals surface area contributed by atoms with Gasteiger partial charge in [-0.25, -0.2) is 4.39 Å². The van der Waals surface area contributed by atoms with Gasteiger partial charge in [0.25, 0.3) is 0 Å². The number of amidine groups is 1. The number of hydrogen-bond donors (Lipinski definition) is 2. The SMILES string of the molecule is CC1(F)CCC[C@H]2NC(=N)CC[C@H]21.Cl. The van der Waals surface area contributed by atoms with Gasteiger partial charge in [-0.1, -0.05) is 0 Å². The topological polar surface area (TPSA) is 35.9 Å². The van der Waals surface area contributed by atoms with E-state index in [1.165, 1.54) is 0 Å². The lowest BCUT2D eigenvalue weighted by molar-refractivity contribution is 0.0276. The van der Waals surface area contributed by atoms with Crippen molar-refractivity contribution in [1.29, 1.82) is 5.41 Å². The van der Waals surface area contributed by atoms with E-state index in [0.717, 1.165) is 25.7 Å². The number of hydrogen-bond acceptors (Lipinski definition) is 1. The van der Waals surface area contributed by atoms with E-state index in [4.69, 9.17) is 5.41 Å². The molecule has 82 valence electrons. The number of halogens is 2. The lowest BCUT2D eigenvalue weighted by Gasteiger charge is -2.44. The number of nitrogens with one attached hydrogen (secondary N) is 2. The van der Waals surface area contributed by atoms with Gasteiger partial charge in [0.15, 0.2) is 0 Å². The van der Waals surface area contributed by atoms with Gasteiger partial charge in [-0.3, -0.25) is 5.41 Å². The zero-order valence-corrected chi connectivity index (χ0v) is 9.29. The highest BCUT2D eigenvalue weighted by Gasteiger charge is 2.44. The first-order valence-electron chi connectivity index (χ1n) is 5.12. The lowest BCUT2D eigenvalue weighted by Crippen LogP contribution is -2.54. The first kappa shape index (κ1) is 11.8. The minimum atomic E-state index is -1.00. The van der Waals surface area contributed by atoms with E-state index in [0.29, 0.717) is 12.3 Å². The molecule has 4 heteroatoms. The zero-order valence-electron chi connectivity index (χ0n) is 8.48. The lowest BCUT2D eigenvalue weighted by atomic mass is 9.71. The Bertz CT molecular complexity index is 230. The van der Waals surface area contributed by atoms with Gasteiger partial charge in [0.05, 0.1) is 5.84 Å². The maximum Gasteiger partial charge on any atom is 0.113 e. The third-order valence-electron chi connectivity index (χ3n) is 3.50. The van der Waals surface area contributed by atoms with Gasteiger partial charge < -0.3 is 5.32 Å². The maximum atomic E-state index is 14.0. The normalized spacial score (nSPS) is 42.0. The summed E-state index contributed by atoms with van der Waals surface area (Å²) in [5.74, 6) is 0.731. The molecule has 2 rings (SSSR count). The Kier molecular flexibility index (Phi) is 3.40. The molecule has 14 heavy (non-hydrogen) atoms. The van der Waals surface area contributed by atoms with E-state index in [9.17, 15) is 4.39 Å². The van der Waals surface area contributed by atoms with Gasteiger partial charge >= 0.3 is 0 Å². The molecule has 2 aliphatic rings. The third-order valence-corrected chi connectivity index (χ3v) is 3.50. The smallest absolute Gasteiger partial charge is 0.113 e. The van der Waals surface area contributed by atoms with E-state index in [1.54, 1.807) is 6.92 Å². The van der Waals surface area contributed by atoms with Crippen LogP contribution >= 0.6 is 12.4 Å². The van der Waals surface area contributed by atoms with Crippen molar-refractivity contribution in [3.05, 3.63) is 0 Å². The van der Waals surface area contributed by atoms with Crippen LogP contribution in [0.2, 0.25) is 0 Å². The van der Waals surface area contributed by atoms with Gasteiger partial charge in [0, 0.05) is 18.4 Å². The van der Waals surface area contributed by atoms with Crippen molar-refractivity contribution in [2.45, 2.75) is 50.7 Å². The number of alkyl halides is 1. The molecule has 2 N–H and O–H groups in total. The van der Waals surface area contributed by atoms with Crippen molar-refractivity contribution in [2.75, 3.05) is 0 Å². The van der Waals surface area contributed by atoms with Gasteiger partial charge in [0.2, 0.25) is 0 Å². The summed E-state index contributed by atoms with van der Waals surface area (Å²) in [7, 11) is 0. The minimum absolute atomic E-state index is 0. The van der Waals surface area contributed by atoms with E-state index in [-0.39, 0.29) is 24.4 Å². The summed E-state index contributed by atoms with van der Waals surface area (Å²) in [5, 5.41) is 10.6. The first-order valence-corrected chi connectivity index (χ1v) is 5.12. The molecule has 1 saturated carbocycles. The van der Waals surface area contributed by atoms with Crippen LogP contribution in [0.5, 0.6) is 0 Å². The molecule has 0 spiro atoms. The van der Waals surface area contributed by atoms with Crippen LogP contribution in [-0.2, 0) is 0 Å². The molecule has 3 atom stereocenters. The summed E-state index contributed by atoms with van der Waals surface area (Å²) in [6, 6.07) is 0.227. The Morgan fingerprint density at radius 2 is 2.21 bits per heavy atom. The summed E-state index contributed by atoms with van der Waals surface area (Å²) >= 11 is 0. The Morgan fingerprint density at radius 3 is 2.93 bits per heavy atom. The second kappa shape index (κ2) is 4.05. The summed E-state index contributed by atoms with van der Waals surface area (Å²) < 4.78 is 14.0. The van der Waals surface area contributed by atoms with Crippen LogP contribution in [0, 0.1) is 11.3 Å². The van der Waals surface area contributed by atoms with Crippen LogP contribution in [0.25, 0.3) is 0 Å². The third kappa shape index (κ3) is 2.02. The predicted molar refractivity (Wildman–Crippen MR) is 58.0 cm³/mol. The molecule has 1 heterocycles. The molecule has 1 unspecified atom stereocenters. The predicted octanol–water partition coefficient (Wildman–Crippen LogP) is 2.67. The van der Waals surface area contributed by atoms with Crippen molar-refractivity contribution in [3.63, 3.8) is 0 Å². The van der Waals surface area contributed by atoms with E-state index in [2.05, 4.69) is 5.32 Å². The van der Waals surface area contributed by atoms with Crippen LogP contribution in [0.15, 0.2) is 0 Å². The molecule has 0 radical (unpaired) electrons. The van der Waals surface area contributed by atoms with Crippen molar-refractivity contribution in [3.8, 4) is 0 Å². The highest BCUT2D eigenvalue weighted by Crippen LogP contribution is 2.41. The van der Waals surface area contributed by atoms with Crippen molar-refractivity contribution in [1.82, 2.24) is 5.32 Å². The minimum Gasteiger partial charge on any atom is -0.371 e. The summed E-state index contributed by atoms with van der Waals surface area (Å²) in [6.07, 6.45) is 4.26. The fraction of sp³-hybridized carbons (Fsp3) is 0.900.